The number of carbonyl (C=O) groups excluding carboxylic acids is 1. The van der Waals surface area contributed by atoms with Gasteiger partial charge < -0.3 is 4.90 Å². The molecule has 28 heavy (non-hydrogen) atoms. The second-order valence-electron chi connectivity index (χ2n) is 7.42. The molecule has 0 saturated carbocycles. The van der Waals surface area contributed by atoms with Gasteiger partial charge in [0, 0.05) is 24.1 Å². The van der Waals surface area contributed by atoms with Crippen molar-refractivity contribution in [3.05, 3.63) is 83.9 Å². The van der Waals surface area contributed by atoms with Crippen molar-refractivity contribution in [1.82, 2.24) is 19.7 Å². The molecule has 2 aromatic carbocycles. The van der Waals surface area contributed by atoms with E-state index < -0.39 is 0 Å². The standard InChI is InChI=1S/C23H26N4O/c1-2-21(19-7-4-3-5-8-19)22-9-6-14-27(22)23(28)20-12-10-18(11-13-20)15-26-17-24-16-25-26/h3-5,7-8,10-13,16-17,21-22H,2,6,9,14-15H2,1H3. The molecule has 0 aliphatic carbocycles. The van der Waals surface area contributed by atoms with Crippen molar-refractivity contribution in [2.45, 2.75) is 44.7 Å². The number of aromatic nitrogens is 3. The van der Waals surface area contributed by atoms with Gasteiger partial charge in [0.2, 0.25) is 0 Å². The first kappa shape index (κ1) is 18.4. The molecule has 1 aromatic heterocycles. The van der Waals surface area contributed by atoms with Crippen LogP contribution in [0.4, 0.5) is 0 Å². The zero-order chi connectivity index (χ0) is 19.3. The lowest BCUT2D eigenvalue weighted by molar-refractivity contribution is 0.0714. The molecular formula is C23H26N4O. The Balaban J connectivity index is 1.50. The van der Waals surface area contributed by atoms with Crippen molar-refractivity contribution in [1.29, 1.82) is 0 Å². The molecule has 5 nitrogen and oxygen atoms in total. The summed E-state index contributed by atoms with van der Waals surface area (Å²) in [6.07, 6.45) is 6.41. The molecule has 2 atom stereocenters. The number of rotatable bonds is 6. The second-order valence-corrected chi connectivity index (χ2v) is 7.42. The molecule has 144 valence electrons. The van der Waals surface area contributed by atoms with Crippen LogP contribution in [0.25, 0.3) is 0 Å². The molecule has 2 heterocycles. The van der Waals surface area contributed by atoms with Gasteiger partial charge in [-0.15, -0.1) is 0 Å². The summed E-state index contributed by atoms with van der Waals surface area (Å²) in [5.74, 6) is 0.531. The lowest BCUT2D eigenvalue weighted by atomic mass is 9.87. The van der Waals surface area contributed by atoms with Crippen molar-refractivity contribution in [2.24, 2.45) is 0 Å². The van der Waals surface area contributed by atoms with Crippen LogP contribution in [-0.4, -0.2) is 38.2 Å². The number of hydrogen-bond donors (Lipinski definition) is 0. The first-order valence-corrected chi connectivity index (χ1v) is 10.0. The minimum atomic E-state index is 0.143. The third-order valence-corrected chi connectivity index (χ3v) is 5.70. The molecule has 1 aliphatic rings. The number of nitrogens with zero attached hydrogens (tertiary/aromatic N) is 4. The Morgan fingerprint density at radius 3 is 2.61 bits per heavy atom. The van der Waals surface area contributed by atoms with Crippen LogP contribution in [0, 0.1) is 0 Å². The van der Waals surface area contributed by atoms with Gasteiger partial charge in [-0.2, -0.15) is 5.10 Å². The molecule has 1 saturated heterocycles. The van der Waals surface area contributed by atoms with Crippen LogP contribution < -0.4 is 0 Å². The summed E-state index contributed by atoms with van der Waals surface area (Å²) in [7, 11) is 0. The van der Waals surface area contributed by atoms with Gasteiger partial charge in [0.05, 0.1) is 6.54 Å². The van der Waals surface area contributed by atoms with Gasteiger partial charge in [0.15, 0.2) is 0 Å². The second kappa shape index (κ2) is 8.38. The lowest BCUT2D eigenvalue weighted by Crippen LogP contribution is -2.39. The van der Waals surface area contributed by atoms with Crippen molar-refractivity contribution in [3.8, 4) is 0 Å². The molecule has 1 aliphatic heterocycles. The van der Waals surface area contributed by atoms with Crippen LogP contribution in [0.15, 0.2) is 67.3 Å². The maximum atomic E-state index is 13.2. The Morgan fingerprint density at radius 2 is 1.93 bits per heavy atom. The highest BCUT2D eigenvalue weighted by Crippen LogP contribution is 2.34. The number of amides is 1. The topological polar surface area (TPSA) is 51.0 Å². The summed E-state index contributed by atoms with van der Waals surface area (Å²) in [5.41, 5.74) is 3.20. The quantitative estimate of drug-likeness (QED) is 0.652. The largest absolute Gasteiger partial charge is 0.335 e. The van der Waals surface area contributed by atoms with E-state index in [0.29, 0.717) is 12.5 Å². The third kappa shape index (κ3) is 3.84. The van der Waals surface area contributed by atoms with Crippen LogP contribution in [0.1, 0.15) is 53.6 Å². The zero-order valence-electron chi connectivity index (χ0n) is 16.2. The normalized spacial score (nSPS) is 17.6. The third-order valence-electron chi connectivity index (χ3n) is 5.70. The average molecular weight is 374 g/mol. The van der Waals surface area contributed by atoms with Crippen molar-refractivity contribution >= 4 is 5.91 Å². The van der Waals surface area contributed by atoms with Crippen LogP contribution in [0.5, 0.6) is 0 Å². The summed E-state index contributed by atoms with van der Waals surface area (Å²) >= 11 is 0. The summed E-state index contributed by atoms with van der Waals surface area (Å²) in [4.78, 5) is 19.3. The fraction of sp³-hybridized carbons (Fsp3) is 0.348. The predicted molar refractivity (Wildman–Crippen MR) is 109 cm³/mol. The van der Waals surface area contributed by atoms with Gasteiger partial charge in [-0.1, -0.05) is 49.4 Å². The van der Waals surface area contributed by atoms with Gasteiger partial charge in [0.25, 0.3) is 5.91 Å². The molecule has 1 amide bonds. The number of hydrogen-bond acceptors (Lipinski definition) is 3. The van der Waals surface area contributed by atoms with Crippen molar-refractivity contribution in [2.75, 3.05) is 6.54 Å². The van der Waals surface area contributed by atoms with Gasteiger partial charge >= 0.3 is 0 Å². The van der Waals surface area contributed by atoms with E-state index in [0.717, 1.165) is 36.9 Å². The Kier molecular flexibility index (Phi) is 5.51. The summed E-state index contributed by atoms with van der Waals surface area (Å²) in [6.45, 7) is 3.72. The molecule has 4 rings (SSSR count). The van der Waals surface area contributed by atoms with E-state index >= 15 is 0 Å². The minimum absolute atomic E-state index is 0.143. The Labute approximate surface area is 166 Å². The summed E-state index contributed by atoms with van der Waals surface area (Å²) in [6, 6.07) is 18.8. The van der Waals surface area contributed by atoms with Crippen molar-refractivity contribution < 1.29 is 4.79 Å². The Morgan fingerprint density at radius 1 is 1.14 bits per heavy atom. The Bertz CT molecular complexity index is 890. The van der Waals surface area contributed by atoms with Crippen LogP contribution in [-0.2, 0) is 6.54 Å². The molecule has 5 heteroatoms. The Hall–Kier alpha value is -2.95. The van der Waals surface area contributed by atoms with E-state index in [2.05, 4.69) is 52.2 Å². The van der Waals surface area contributed by atoms with Crippen LogP contribution in [0.2, 0.25) is 0 Å². The van der Waals surface area contributed by atoms with Crippen molar-refractivity contribution in [3.63, 3.8) is 0 Å². The molecular weight excluding hydrogens is 348 g/mol. The fourth-order valence-corrected chi connectivity index (χ4v) is 4.31. The van der Waals surface area contributed by atoms with Crippen LogP contribution >= 0.6 is 0 Å². The van der Waals surface area contributed by atoms with Gasteiger partial charge in [-0.05, 0) is 42.5 Å². The monoisotopic (exact) mass is 374 g/mol. The van der Waals surface area contributed by atoms with E-state index in [1.807, 2.05) is 24.3 Å². The first-order chi connectivity index (χ1) is 13.8. The highest BCUT2D eigenvalue weighted by Gasteiger charge is 2.34. The number of likely N-dealkylation sites (tertiary alicyclic amines) is 1. The number of carbonyl (C=O) groups is 1. The van der Waals surface area contributed by atoms with Gasteiger partial charge in [-0.25, -0.2) is 9.67 Å². The number of benzene rings is 2. The van der Waals surface area contributed by atoms with Crippen LogP contribution in [0.3, 0.4) is 0 Å². The van der Waals surface area contributed by atoms with E-state index in [4.69, 9.17) is 0 Å². The lowest BCUT2D eigenvalue weighted by Gasteiger charge is -2.32. The zero-order valence-corrected chi connectivity index (χ0v) is 16.2. The average Bonchev–Trinajstić information content (AvgIpc) is 3.42. The van der Waals surface area contributed by atoms with E-state index in [-0.39, 0.29) is 11.9 Å². The highest BCUT2D eigenvalue weighted by molar-refractivity contribution is 5.94. The molecule has 2 unspecified atom stereocenters. The highest BCUT2D eigenvalue weighted by atomic mass is 16.2. The minimum Gasteiger partial charge on any atom is -0.335 e. The molecule has 0 N–H and O–H groups in total. The summed E-state index contributed by atoms with van der Waals surface area (Å²) in [5, 5.41) is 4.13. The maximum Gasteiger partial charge on any atom is 0.254 e. The smallest absolute Gasteiger partial charge is 0.254 e. The molecule has 0 spiro atoms. The van der Waals surface area contributed by atoms with E-state index in [1.165, 1.54) is 11.9 Å². The molecule has 0 radical (unpaired) electrons. The van der Waals surface area contributed by atoms with Gasteiger partial charge in [0.1, 0.15) is 12.7 Å². The van der Waals surface area contributed by atoms with Gasteiger partial charge in [-0.3, -0.25) is 4.79 Å². The first-order valence-electron chi connectivity index (χ1n) is 10.0. The summed E-state index contributed by atoms with van der Waals surface area (Å²) < 4.78 is 1.78. The maximum absolute atomic E-state index is 13.2. The molecule has 3 aromatic rings. The predicted octanol–water partition coefficient (Wildman–Crippen LogP) is 4.12. The SMILES string of the molecule is CCC(c1ccccc1)C1CCCN1C(=O)c1ccc(Cn2cncn2)cc1. The fourth-order valence-electron chi connectivity index (χ4n) is 4.31. The molecule has 0 bridgehead atoms. The molecule has 1 fully saturated rings. The van der Waals surface area contributed by atoms with E-state index in [9.17, 15) is 4.79 Å². The van der Waals surface area contributed by atoms with E-state index in [1.54, 1.807) is 11.0 Å².